The molecule has 0 aromatic heterocycles. The first-order chi connectivity index (χ1) is 14.9. The maximum atomic E-state index is 13.6. The lowest BCUT2D eigenvalue weighted by atomic mass is 10.0. The third kappa shape index (κ3) is 4.87. The largest absolute Gasteiger partial charge is 0.497 e. The Balaban J connectivity index is 1.72. The van der Waals surface area contributed by atoms with E-state index in [1.165, 1.54) is 0 Å². The van der Waals surface area contributed by atoms with E-state index in [-0.39, 0.29) is 11.1 Å². The summed E-state index contributed by atoms with van der Waals surface area (Å²) >= 11 is 18.8. The monoisotopic (exact) mass is 472 g/mol. The zero-order chi connectivity index (χ0) is 22.0. The molecule has 4 nitrogen and oxygen atoms in total. The molecule has 1 amide bonds. The fourth-order valence-corrected chi connectivity index (χ4v) is 4.09. The highest BCUT2D eigenvalue weighted by Gasteiger charge is 2.31. The van der Waals surface area contributed by atoms with Crippen LogP contribution in [0.3, 0.4) is 0 Å². The molecule has 0 bridgehead atoms. The van der Waals surface area contributed by atoms with Crippen LogP contribution in [0.15, 0.2) is 71.7 Å². The predicted molar refractivity (Wildman–Crippen MR) is 127 cm³/mol. The number of amides is 1. The van der Waals surface area contributed by atoms with Crippen LogP contribution in [0.25, 0.3) is 0 Å². The van der Waals surface area contributed by atoms with Crippen LogP contribution in [0.2, 0.25) is 10.0 Å². The molecule has 0 N–H and O–H groups in total. The number of benzodiazepines with no additional fused rings is 1. The molecule has 0 saturated carbocycles. The topological polar surface area (TPSA) is 41.9 Å². The number of aliphatic imine (C=N–C) groups is 1. The van der Waals surface area contributed by atoms with Crippen LogP contribution in [0.4, 0.5) is 5.69 Å². The molecular weight excluding hydrogens is 455 g/mol. The number of halogens is 3. The number of carbonyl (C=O) groups excluding carboxylic acids is 1. The molecule has 1 heterocycles. The van der Waals surface area contributed by atoms with Crippen molar-refractivity contribution in [3.63, 3.8) is 0 Å². The highest BCUT2D eigenvalue weighted by molar-refractivity contribution is 6.70. The molecule has 0 fully saturated rings. The molecule has 0 aliphatic carbocycles. The molecule has 31 heavy (non-hydrogen) atoms. The van der Waals surface area contributed by atoms with Crippen LogP contribution in [0.5, 0.6) is 5.75 Å². The Kier molecular flexibility index (Phi) is 6.51. The first-order valence-corrected chi connectivity index (χ1v) is 10.8. The number of methoxy groups -OCH3 is 1. The quantitative estimate of drug-likeness (QED) is 0.446. The van der Waals surface area contributed by atoms with Crippen LogP contribution in [-0.2, 0) is 17.8 Å². The fourth-order valence-electron chi connectivity index (χ4n) is 3.52. The summed E-state index contributed by atoms with van der Waals surface area (Å²) in [4.78, 5) is 19.9. The van der Waals surface area contributed by atoms with E-state index in [9.17, 15) is 4.79 Å². The lowest BCUT2D eigenvalue weighted by molar-refractivity contribution is -0.119. The minimum Gasteiger partial charge on any atom is -0.497 e. The number of carbonyl (C=O) groups is 1. The van der Waals surface area contributed by atoms with Crippen molar-refractivity contribution in [2.75, 3.05) is 12.0 Å². The molecule has 7 heteroatoms. The van der Waals surface area contributed by atoms with Gasteiger partial charge in [-0.1, -0.05) is 59.1 Å². The summed E-state index contributed by atoms with van der Waals surface area (Å²) in [6, 6.07) is 19.6. The van der Waals surface area contributed by atoms with E-state index in [4.69, 9.17) is 39.5 Å². The summed E-state index contributed by atoms with van der Waals surface area (Å²) in [5, 5.41) is 1.43. The molecule has 1 aliphatic heterocycles. The number of hydrogen-bond acceptors (Lipinski definition) is 3. The highest BCUT2D eigenvalue weighted by Crippen LogP contribution is 2.32. The van der Waals surface area contributed by atoms with Gasteiger partial charge in [0.05, 0.1) is 19.3 Å². The average Bonchev–Trinajstić information content (AvgIpc) is 2.86. The van der Waals surface area contributed by atoms with E-state index < -0.39 is 6.04 Å². The second-order valence-corrected chi connectivity index (χ2v) is 8.43. The summed E-state index contributed by atoms with van der Waals surface area (Å²) in [6.45, 7) is 0.369. The lowest BCUT2D eigenvalue weighted by Gasteiger charge is -2.25. The van der Waals surface area contributed by atoms with Gasteiger partial charge in [0.2, 0.25) is 0 Å². The van der Waals surface area contributed by atoms with Crippen LogP contribution in [-0.4, -0.2) is 24.2 Å². The molecule has 1 atom stereocenters. The van der Waals surface area contributed by atoms with Gasteiger partial charge in [0.15, 0.2) is 0 Å². The number of nitrogens with zero attached hydrogens (tertiary/aromatic N) is 2. The van der Waals surface area contributed by atoms with Gasteiger partial charge in [0.25, 0.3) is 5.91 Å². The molecule has 1 unspecified atom stereocenters. The van der Waals surface area contributed by atoms with Crippen LogP contribution >= 0.6 is 34.8 Å². The number of anilines is 1. The van der Waals surface area contributed by atoms with Crippen molar-refractivity contribution in [2.45, 2.75) is 19.0 Å². The predicted octanol–water partition coefficient (Wildman–Crippen LogP) is 6.15. The number of fused-ring (bicyclic) bond motifs is 1. The first-order valence-electron chi connectivity index (χ1n) is 9.66. The fraction of sp³-hybridized carbons (Fsp3) is 0.167. The Bertz CT molecular complexity index is 1130. The maximum Gasteiger partial charge on any atom is 0.252 e. The third-order valence-corrected chi connectivity index (χ3v) is 5.92. The second-order valence-electron chi connectivity index (χ2n) is 7.20. The van der Waals surface area contributed by atoms with Crippen molar-refractivity contribution in [3.05, 3.63) is 93.5 Å². The van der Waals surface area contributed by atoms with Gasteiger partial charge in [0, 0.05) is 22.0 Å². The maximum absolute atomic E-state index is 13.6. The molecule has 0 radical (unpaired) electrons. The van der Waals surface area contributed by atoms with Crippen LogP contribution < -0.4 is 9.64 Å². The summed E-state index contributed by atoms with van der Waals surface area (Å²) in [6.07, 6.45) is 0.410. The zero-order valence-corrected chi connectivity index (χ0v) is 19.0. The number of rotatable bonds is 5. The number of hydrogen-bond donors (Lipinski definition) is 0. The van der Waals surface area contributed by atoms with Gasteiger partial charge >= 0.3 is 0 Å². The van der Waals surface area contributed by atoms with Crippen LogP contribution in [0, 0.1) is 0 Å². The van der Waals surface area contributed by atoms with Crippen molar-refractivity contribution in [1.82, 2.24) is 0 Å². The third-order valence-electron chi connectivity index (χ3n) is 5.13. The molecule has 158 valence electrons. The van der Waals surface area contributed by atoms with Gasteiger partial charge in [-0.3, -0.25) is 9.79 Å². The minimum atomic E-state index is -0.668. The molecule has 3 aromatic carbocycles. The van der Waals surface area contributed by atoms with Crippen molar-refractivity contribution >= 4 is 51.6 Å². The Morgan fingerprint density at radius 2 is 1.55 bits per heavy atom. The summed E-state index contributed by atoms with van der Waals surface area (Å²) < 4.78 is 5.24. The van der Waals surface area contributed by atoms with Crippen LogP contribution in [0.1, 0.15) is 16.7 Å². The van der Waals surface area contributed by atoms with Gasteiger partial charge in [-0.15, -0.1) is 0 Å². The summed E-state index contributed by atoms with van der Waals surface area (Å²) in [5.41, 5.74) is 3.22. The van der Waals surface area contributed by atoms with Gasteiger partial charge in [0.1, 0.15) is 17.0 Å². The van der Waals surface area contributed by atoms with Gasteiger partial charge in [-0.05, 0) is 53.6 Å². The first kappa shape index (κ1) is 21.7. The van der Waals surface area contributed by atoms with E-state index >= 15 is 0 Å². The van der Waals surface area contributed by atoms with Crippen molar-refractivity contribution in [3.8, 4) is 5.75 Å². The molecule has 0 spiro atoms. The smallest absolute Gasteiger partial charge is 0.252 e. The molecule has 4 rings (SSSR count). The SMILES string of the molecule is COc1ccc(CN2C(=O)C(Cc3ccc(Cl)cc3)N=C(Cl)c3cc(Cl)ccc32)cc1. The summed E-state index contributed by atoms with van der Waals surface area (Å²) in [7, 11) is 1.62. The van der Waals surface area contributed by atoms with Gasteiger partial charge in [-0.25, -0.2) is 0 Å². The van der Waals surface area contributed by atoms with E-state index in [0.29, 0.717) is 34.3 Å². The van der Waals surface area contributed by atoms with Crippen molar-refractivity contribution in [1.29, 1.82) is 0 Å². The van der Waals surface area contributed by atoms with E-state index in [2.05, 4.69) is 4.99 Å². The molecule has 1 aliphatic rings. The minimum absolute atomic E-state index is 0.134. The second kappa shape index (κ2) is 9.31. The number of benzene rings is 3. The Morgan fingerprint density at radius 3 is 2.23 bits per heavy atom. The highest BCUT2D eigenvalue weighted by atomic mass is 35.5. The zero-order valence-electron chi connectivity index (χ0n) is 16.7. The van der Waals surface area contributed by atoms with E-state index in [0.717, 1.165) is 16.9 Å². The van der Waals surface area contributed by atoms with Gasteiger partial charge < -0.3 is 9.64 Å². The van der Waals surface area contributed by atoms with Gasteiger partial charge in [-0.2, -0.15) is 0 Å². The molecular formula is C24H19Cl3N2O2. The standard InChI is InChI=1S/C24H19Cl3N2O2/c1-31-19-9-4-16(5-10-19)14-29-22-11-8-18(26)13-20(22)23(27)28-21(24(29)30)12-15-2-6-17(25)7-3-15/h2-11,13,21H,12,14H2,1H3. The summed E-state index contributed by atoms with van der Waals surface area (Å²) in [5.74, 6) is 0.620. The molecule has 3 aromatic rings. The van der Waals surface area contributed by atoms with Crippen molar-refractivity contribution < 1.29 is 9.53 Å². The lowest BCUT2D eigenvalue weighted by Crippen LogP contribution is -2.38. The number of ether oxygens (including phenoxy) is 1. The Labute approximate surface area is 196 Å². The van der Waals surface area contributed by atoms with E-state index in [1.807, 2.05) is 42.5 Å². The van der Waals surface area contributed by atoms with E-state index in [1.54, 1.807) is 36.3 Å². The molecule has 0 saturated heterocycles. The Morgan fingerprint density at radius 1 is 0.903 bits per heavy atom. The Hall–Kier alpha value is -2.53. The average molecular weight is 474 g/mol. The normalized spacial score (nSPS) is 15.9. The van der Waals surface area contributed by atoms with Crippen molar-refractivity contribution in [2.24, 2.45) is 4.99 Å².